The van der Waals surface area contributed by atoms with E-state index in [2.05, 4.69) is 15.5 Å². The molecule has 0 unspecified atom stereocenters. The van der Waals surface area contributed by atoms with Gasteiger partial charge < -0.3 is 4.74 Å². The summed E-state index contributed by atoms with van der Waals surface area (Å²) in [5.74, 6) is -0.726. The first kappa shape index (κ1) is 20.0. The molecule has 126 valence electrons. The lowest BCUT2D eigenvalue weighted by atomic mass is 10.2. The highest BCUT2D eigenvalue weighted by Crippen LogP contribution is 2.22. The lowest BCUT2D eigenvalue weighted by Crippen LogP contribution is -2.13. The molecule has 9 heteroatoms. The lowest BCUT2D eigenvalue weighted by Gasteiger charge is -2.02. The van der Waals surface area contributed by atoms with Crippen LogP contribution < -0.4 is 5.43 Å². The average molecular weight is 385 g/mol. The first-order valence-corrected chi connectivity index (χ1v) is 8.63. The Hall–Kier alpha value is -2.01. The minimum atomic E-state index is -0.726. The van der Waals surface area contributed by atoms with Crippen molar-refractivity contribution >= 4 is 52.3 Å². The van der Waals surface area contributed by atoms with Crippen LogP contribution in [0.25, 0.3) is 0 Å². The Labute approximate surface area is 154 Å². The minimum absolute atomic E-state index is 0.179. The maximum absolute atomic E-state index is 11.5. The van der Waals surface area contributed by atoms with E-state index in [4.69, 9.17) is 33.2 Å². The highest BCUT2D eigenvalue weighted by atomic mass is 35.5. The van der Waals surface area contributed by atoms with Gasteiger partial charge in [-0.3, -0.25) is 5.43 Å². The highest BCUT2D eigenvalue weighted by Gasteiger charge is 2.09. The molecule has 0 aromatic heterocycles. The van der Waals surface area contributed by atoms with Crippen LogP contribution >= 0.6 is 35.0 Å². The molecule has 0 aliphatic carbocycles. The van der Waals surface area contributed by atoms with E-state index in [0.29, 0.717) is 20.8 Å². The second-order valence-electron chi connectivity index (χ2n) is 4.02. The SMILES string of the molecule is CCOC(=O)/C(C#N)=C\N=C(N/N=C\c1c(Cl)cccc1Cl)SC. The topological polar surface area (TPSA) is 86.8 Å². The molecule has 24 heavy (non-hydrogen) atoms. The third-order valence-corrected chi connectivity index (χ3v) is 3.72. The zero-order chi connectivity index (χ0) is 17.9. The van der Waals surface area contributed by atoms with Crippen molar-refractivity contribution in [1.82, 2.24) is 5.43 Å². The minimum Gasteiger partial charge on any atom is -0.462 e. The van der Waals surface area contributed by atoms with E-state index in [-0.39, 0.29) is 12.2 Å². The van der Waals surface area contributed by atoms with Gasteiger partial charge in [-0.15, -0.1) is 0 Å². The molecule has 0 fully saturated rings. The number of hydrogen-bond acceptors (Lipinski definition) is 6. The molecular weight excluding hydrogens is 371 g/mol. The van der Waals surface area contributed by atoms with Gasteiger partial charge in [-0.25, -0.2) is 9.79 Å². The molecule has 1 aromatic rings. The largest absolute Gasteiger partial charge is 0.462 e. The molecule has 0 aliphatic rings. The zero-order valence-corrected chi connectivity index (χ0v) is 15.2. The Morgan fingerprint density at radius 2 is 2.12 bits per heavy atom. The average Bonchev–Trinajstić information content (AvgIpc) is 2.56. The number of thioether (sulfide) groups is 1. The van der Waals surface area contributed by atoms with E-state index in [1.807, 2.05) is 0 Å². The number of benzene rings is 1. The van der Waals surface area contributed by atoms with Crippen molar-refractivity contribution in [2.45, 2.75) is 6.92 Å². The van der Waals surface area contributed by atoms with Gasteiger partial charge >= 0.3 is 5.97 Å². The van der Waals surface area contributed by atoms with Gasteiger partial charge in [0.1, 0.15) is 6.07 Å². The van der Waals surface area contributed by atoms with Gasteiger partial charge in [0.25, 0.3) is 0 Å². The highest BCUT2D eigenvalue weighted by molar-refractivity contribution is 8.13. The molecule has 0 heterocycles. The van der Waals surface area contributed by atoms with Crippen LogP contribution in [0.3, 0.4) is 0 Å². The number of amidine groups is 1. The van der Waals surface area contributed by atoms with Crippen LogP contribution in [0.15, 0.2) is 40.1 Å². The number of rotatable bonds is 5. The fourth-order valence-electron chi connectivity index (χ4n) is 1.37. The Kier molecular flexibility index (Phi) is 8.94. The van der Waals surface area contributed by atoms with Crippen molar-refractivity contribution in [3.05, 3.63) is 45.6 Å². The number of carbonyl (C=O) groups excluding carboxylic acids is 1. The van der Waals surface area contributed by atoms with Gasteiger partial charge in [-0.1, -0.05) is 41.0 Å². The first-order valence-electron chi connectivity index (χ1n) is 6.65. The molecule has 0 amide bonds. The van der Waals surface area contributed by atoms with Crippen LogP contribution in [-0.4, -0.2) is 30.2 Å². The summed E-state index contributed by atoms with van der Waals surface area (Å²) in [5, 5.41) is 14.2. The number of nitrogens with zero attached hydrogens (tertiary/aromatic N) is 3. The molecule has 0 atom stereocenters. The monoisotopic (exact) mass is 384 g/mol. The van der Waals surface area contributed by atoms with E-state index in [9.17, 15) is 4.79 Å². The van der Waals surface area contributed by atoms with E-state index < -0.39 is 5.97 Å². The Bertz CT molecular complexity index is 706. The number of aliphatic imine (C=N–C) groups is 1. The predicted molar refractivity (Wildman–Crippen MR) is 98.5 cm³/mol. The van der Waals surface area contributed by atoms with Gasteiger partial charge in [0.15, 0.2) is 10.7 Å². The van der Waals surface area contributed by atoms with Crippen LogP contribution in [0, 0.1) is 11.3 Å². The first-order chi connectivity index (χ1) is 11.5. The number of nitrogens with one attached hydrogen (secondary N) is 1. The van der Waals surface area contributed by atoms with E-state index in [0.717, 1.165) is 6.20 Å². The van der Waals surface area contributed by atoms with Crippen LogP contribution in [0.5, 0.6) is 0 Å². The molecule has 0 saturated carbocycles. The predicted octanol–water partition coefficient (Wildman–Crippen LogP) is 3.61. The van der Waals surface area contributed by atoms with Gasteiger partial charge in [0.05, 0.1) is 29.1 Å². The number of esters is 1. The summed E-state index contributed by atoms with van der Waals surface area (Å²) in [5.41, 5.74) is 3.04. The Balaban J connectivity index is 2.85. The smallest absolute Gasteiger partial charge is 0.350 e. The molecule has 1 aromatic carbocycles. The zero-order valence-electron chi connectivity index (χ0n) is 12.9. The fourth-order valence-corrected chi connectivity index (χ4v) is 2.17. The number of hydrazone groups is 1. The van der Waals surface area contributed by atoms with Crippen molar-refractivity contribution in [2.75, 3.05) is 12.9 Å². The summed E-state index contributed by atoms with van der Waals surface area (Å²) < 4.78 is 4.74. The maximum Gasteiger partial charge on any atom is 0.350 e. The molecular formula is C15H14Cl2N4O2S. The van der Waals surface area contributed by atoms with Crippen molar-refractivity contribution in [3.8, 4) is 6.07 Å². The second-order valence-corrected chi connectivity index (χ2v) is 5.63. The van der Waals surface area contributed by atoms with Gasteiger partial charge in [-0.2, -0.15) is 10.4 Å². The van der Waals surface area contributed by atoms with E-state index in [1.54, 1.807) is 37.4 Å². The quantitative estimate of drug-likeness (QED) is 0.209. The lowest BCUT2D eigenvalue weighted by molar-refractivity contribution is -0.138. The van der Waals surface area contributed by atoms with Gasteiger partial charge in [0.2, 0.25) is 0 Å². The van der Waals surface area contributed by atoms with Gasteiger partial charge in [0, 0.05) is 5.56 Å². The van der Waals surface area contributed by atoms with Crippen LogP contribution in [0.2, 0.25) is 10.0 Å². The summed E-state index contributed by atoms with van der Waals surface area (Å²) in [6.45, 7) is 1.83. The van der Waals surface area contributed by atoms with Crippen LogP contribution in [0.1, 0.15) is 12.5 Å². The summed E-state index contributed by atoms with van der Waals surface area (Å²) in [6.07, 6.45) is 4.33. The molecule has 0 radical (unpaired) electrons. The third kappa shape index (κ3) is 6.24. The number of nitriles is 1. The van der Waals surface area contributed by atoms with Crippen molar-refractivity contribution in [3.63, 3.8) is 0 Å². The summed E-state index contributed by atoms with van der Waals surface area (Å²) in [7, 11) is 0. The second kappa shape index (κ2) is 10.7. The molecule has 0 bridgehead atoms. The normalized spacial score (nSPS) is 12.1. The number of halogens is 2. The van der Waals surface area contributed by atoms with Crippen molar-refractivity contribution in [2.24, 2.45) is 10.1 Å². The van der Waals surface area contributed by atoms with Crippen molar-refractivity contribution < 1.29 is 9.53 Å². The van der Waals surface area contributed by atoms with E-state index in [1.165, 1.54) is 18.0 Å². The van der Waals surface area contributed by atoms with Gasteiger partial charge in [-0.05, 0) is 25.3 Å². The number of ether oxygens (including phenoxy) is 1. The number of hydrogen-bond donors (Lipinski definition) is 1. The maximum atomic E-state index is 11.5. The summed E-state index contributed by atoms with van der Waals surface area (Å²) >= 11 is 13.3. The van der Waals surface area contributed by atoms with Crippen LogP contribution in [-0.2, 0) is 9.53 Å². The standard InChI is InChI=1S/C15H14Cl2N4O2S/c1-3-23-14(22)10(7-18)8-19-15(24-2)21-20-9-11-12(16)5-4-6-13(11)17/h4-6,8-9H,3H2,1-2H3,(H,19,21)/b10-8-,20-9-. The molecule has 1 N–H and O–H groups in total. The third-order valence-electron chi connectivity index (χ3n) is 2.47. The fraction of sp³-hybridized carbons (Fsp3) is 0.200. The molecule has 0 aliphatic heterocycles. The molecule has 0 saturated heterocycles. The molecule has 6 nitrogen and oxygen atoms in total. The summed E-state index contributed by atoms with van der Waals surface area (Å²) in [6, 6.07) is 6.85. The summed E-state index contributed by atoms with van der Waals surface area (Å²) in [4.78, 5) is 15.5. The van der Waals surface area contributed by atoms with Crippen molar-refractivity contribution in [1.29, 1.82) is 5.26 Å². The number of carbonyl (C=O) groups is 1. The molecule has 0 spiro atoms. The van der Waals surface area contributed by atoms with E-state index >= 15 is 0 Å². The Morgan fingerprint density at radius 1 is 1.46 bits per heavy atom. The molecule has 1 rings (SSSR count). The Morgan fingerprint density at radius 3 is 2.67 bits per heavy atom. The van der Waals surface area contributed by atoms with Crippen LogP contribution in [0.4, 0.5) is 0 Å².